The van der Waals surface area contributed by atoms with E-state index in [1.54, 1.807) is 7.11 Å². The first-order chi connectivity index (χ1) is 10.3. The molecule has 0 radical (unpaired) electrons. The van der Waals surface area contributed by atoms with Gasteiger partial charge in [0.1, 0.15) is 5.82 Å². The summed E-state index contributed by atoms with van der Waals surface area (Å²) in [6.07, 6.45) is 10.8. The van der Waals surface area contributed by atoms with Crippen molar-refractivity contribution < 1.29 is 4.74 Å². The van der Waals surface area contributed by atoms with E-state index in [1.807, 2.05) is 0 Å². The van der Waals surface area contributed by atoms with Gasteiger partial charge in [-0.1, -0.05) is 0 Å². The molecule has 0 atom stereocenters. The van der Waals surface area contributed by atoms with Gasteiger partial charge < -0.3 is 15.0 Å². The average molecular weight is 289 g/mol. The van der Waals surface area contributed by atoms with Crippen molar-refractivity contribution in [3.8, 4) is 0 Å². The first kappa shape index (κ1) is 13.8. The third-order valence-corrected chi connectivity index (χ3v) is 6.01. The lowest BCUT2D eigenvalue weighted by Gasteiger charge is -2.56. The van der Waals surface area contributed by atoms with E-state index in [4.69, 9.17) is 4.74 Å². The van der Waals surface area contributed by atoms with E-state index in [2.05, 4.69) is 21.5 Å². The third-order valence-electron chi connectivity index (χ3n) is 6.01. The number of nitrogens with one attached hydrogen (secondary N) is 2. The number of rotatable bonds is 6. The van der Waals surface area contributed by atoms with Gasteiger partial charge >= 0.3 is 0 Å². The standard InChI is InChI=1S/C17H27N3O/c1-21-3-2-18-11-16-19-10-15(20-16)17-7-12-4-13(8-17)6-14(5-12)9-17/h10,12-14,18H,2-9,11H2,1H3,(H,19,20). The van der Waals surface area contributed by atoms with Gasteiger partial charge in [0.15, 0.2) is 0 Å². The van der Waals surface area contributed by atoms with Crippen LogP contribution in [-0.4, -0.2) is 30.2 Å². The van der Waals surface area contributed by atoms with Crippen LogP contribution in [0.1, 0.15) is 50.0 Å². The van der Waals surface area contributed by atoms with Crippen molar-refractivity contribution in [2.75, 3.05) is 20.3 Å². The summed E-state index contributed by atoms with van der Waals surface area (Å²) in [5, 5.41) is 3.37. The van der Waals surface area contributed by atoms with Crippen LogP contribution < -0.4 is 5.32 Å². The van der Waals surface area contributed by atoms with E-state index in [1.165, 1.54) is 44.2 Å². The smallest absolute Gasteiger partial charge is 0.120 e. The van der Waals surface area contributed by atoms with Crippen molar-refractivity contribution >= 4 is 0 Å². The lowest BCUT2D eigenvalue weighted by Crippen LogP contribution is -2.48. The molecule has 0 spiro atoms. The summed E-state index contributed by atoms with van der Waals surface area (Å²) in [4.78, 5) is 8.24. The van der Waals surface area contributed by atoms with E-state index >= 15 is 0 Å². The van der Waals surface area contributed by atoms with Gasteiger partial charge in [-0.3, -0.25) is 0 Å². The van der Waals surface area contributed by atoms with Crippen molar-refractivity contribution in [3.63, 3.8) is 0 Å². The molecule has 1 aromatic rings. The molecule has 4 fully saturated rings. The van der Waals surface area contributed by atoms with Crippen LogP contribution in [0.3, 0.4) is 0 Å². The normalized spacial score (nSPS) is 37.3. The Labute approximate surface area is 127 Å². The van der Waals surface area contributed by atoms with Gasteiger partial charge in [-0.15, -0.1) is 0 Å². The fourth-order valence-corrected chi connectivity index (χ4v) is 5.54. The fraction of sp³-hybridized carbons (Fsp3) is 0.824. The van der Waals surface area contributed by atoms with Gasteiger partial charge in [0.25, 0.3) is 0 Å². The summed E-state index contributed by atoms with van der Waals surface area (Å²) < 4.78 is 5.06. The molecule has 4 saturated carbocycles. The van der Waals surface area contributed by atoms with E-state index < -0.39 is 0 Å². The zero-order valence-electron chi connectivity index (χ0n) is 13.0. The van der Waals surface area contributed by atoms with Crippen LogP contribution in [0.5, 0.6) is 0 Å². The second-order valence-corrected chi connectivity index (χ2v) is 7.61. The molecule has 116 valence electrons. The molecule has 2 N–H and O–H groups in total. The molecule has 4 nitrogen and oxygen atoms in total. The molecule has 4 bridgehead atoms. The van der Waals surface area contributed by atoms with Gasteiger partial charge in [-0.2, -0.15) is 0 Å². The van der Waals surface area contributed by atoms with Crippen molar-refractivity contribution in [1.29, 1.82) is 0 Å². The summed E-state index contributed by atoms with van der Waals surface area (Å²) in [6.45, 7) is 2.45. The summed E-state index contributed by atoms with van der Waals surface area (Å²) in [5.41, 5.74) is 1.86. The Morgan fingerprint density at radius 1 is 1.24 bits per heavy atom. The Morgan fingerprint density at radius 3 is 2.52 bits per heavy atom. The number of aromatic nitrogens is 2. The fourth-order valence-electron chi connectivity index (χ4n) is 5.54. The number of nitrogens with zero attached hydrogens (tertiary/aromatic N) is 1. The quantitative estimate of drug-likeness (QED) is 0.792. The van der Waals surface area contributed by atoms with Crippen LogP contribution in [0.25, 0.3) is 0 Å². The molecule has 0 aliphatic heterocycles. The molecule has 4 aliphatic carbocycles. The number of hydrogen-bond acceptors (Lipinski definition) is 3. The molecule has 0 unspecified atom stereocenters. The summed E-state index contributed by atoms with van der Waals surface area (Å²) in [7, 11) is 1.74. The van der Waals surface area contributed by atoms with Crippen LogP contribution in [0.4, 0.5) is 0 Å². The van der Waals surface area contributed by atoms with Crippen LogP contribution in [-0.2, 0) is 16.7 Å². The van der Waals surface area contributed by atoms with E-state index in [0.29, 0.717) is 5.41 Å². The summed E-state index contributed by atoms with van der Waals surface area (Å²) in [6, 6.07) is 0. The molecular weight excluding hydrogens is 262 g/mol. The Kier molecular flexibility index (Phi) is 3.54. The van der Waals surface area contributed by atoms with E-state index in [-0.39, 0.29) is 0 Å². The Morgan fingerprint density at radius 2 is 1.90 bits per heavy atom. The van der Waals surface area contributed by atoms with E-state index in [0.717, 1.165) is 43.3 Å². The van der Waals surface area contributed by atoms with Crippen molar-refractivity contribution in [1.82, 2.24) is 15.3 Å². The summed E-state index contributed by atoms with van der Waals surface area (Å²) >= 11 is 0. The number of hydrogen-bond donors (Lipinski definition) is 2. The van der Waals surface area contributed by atoms with Crippen LogP contribution in [0, 0.1) is 17.8 Å². The largest absolute Gasteiger partial charge is 0.383 e. The highest BCUT2D eigenvalue weighted by Crippen LogP contribution is 2.60. The summed E-state index contributed by atoms with van der Waals surface area (Å²) in [5.74, 6) is 4.05. The molecule has 4 heteroatoms. The molecular formula is C17H27N3O. The second-order valence-electron chi connectivity index (χ2n) is 7.61. The Balaban J connectivity index is 1.45. The maximum atomic E-state index is 5.06. The van der Waals surface area contributed by atoms with Gasteiger partial charge in [0, 0.05) is 31.0 Å². The molecule has 0 amide bonds. The zero-order valence-corrected chi connectivity index (χ0v) is 13.0. The van der Waals surface area contributed by atoms with Crippen LogP contribution >= 0.6 is 0 Å². The first-order valence-electron chi connectivity index (χ1n) is 8.51. The molecule has 0 saturated heterocycles. The number of imidazole rings is 1. The van der Waals surface area contributed by atoms with Crippen molar-refractivity contribution in [2.24, 2.45) is 17.8 Å². The SMILES string of the molecule is COCCNCc1ncc(C23CC4CC(CC(C4)C2)C3)[nH]1. The maximum Gasteiger partial charge on any atom is 0.120 e. The molecule has 0 aromatic carbocycles. The van der Waals surface area contributed by atoms with Crippen molar-refractivity contribution in [2.45, 2.75) is 50.5 Å². The minimum absolute atomic E-state index is 0.437. The van der Waals surface area contributed by atoms with Gasteiger partial charge in [0.05, 0.1) is 13.2 Å². The zero-order chi connectivity index (χ0) is 14.3. The molecule has 1 heterocycles. The molecule has 4 aliphatic rings. The highest BCUT2D eigenvalue weighted by molar-refractivity contribution is 5.22. The Bertz CT molecular complexity index is 461. The third kappa shape index (κ3) is 2.53. The number of H-pyrrole nitrogens is 1. The number of methoxy groups -OCH3 is 1. The highest BCUT2D eigenvalue weighted by atomic mass is 16.5. The van der Waals surface area contributed by atoms with E-state index in [9.17, 15) is 0 Å². The monoisotopic (exact) mass is 289 g/mol. The molecule has 1 aromatic heterocycles. The predicted octanol–water partition coefficient (Wildman–Crippen LogP) is 2.61. The highest BCUT2D eigenvalue weighted by Gasteiger charge is 2.52. The number of aromatic amines is 1. The van der Waals surface area contributed by atoms with Crippen LogP contribution in [0.15, 0.2) is 6.20 Å². The first-order valence-corrected chi connectivity index (χ1v) is 8.51. The number of ether oxygens (including phenoxy) is 1. The molecule has 5 rings (SSSR count). The lowest BCUT2D eigenvalue weighted by atomic mass is 9.49. The second kappa shape index (κ2) is 5.40. The minimum atomic E-state index is 0.437. The molecule has 21 heavy (non-hydrogen) atoms. The Hall–Kier alpha value is -0.870. The van der Waals surface area contributed by atoms with Crippen molar-refractivity contribution in [3.05, 3.63) is 17.7 Å². The van der Waals surface area contributed by atoms with Crippen LogP contribution in [0.2, 0.25) is 0 Å². The minimum Gasteiger partial charge on any atom is -0.383 e. The topological polar surface area (TPSA) is 49.9 Å². The average Bonchev–Trinajstić information content (AvgIpc) is 2.92. The predicted molar refractivity (Wildman–Crippen MR) is 82.0 cm³/mol. The van der Waals surface area contributed by atoms with Gasteiger partial charge in [-0.05, 0) is 56.3 Å². The lowest BCUT2D eigenvalue weighted by molar-refractivity contribution is -0.00706. The van der Waals surface area contributed by atoms with Gasteiger partial charge in [0.2, 0.25) is 0 Å². The maximum absolute atomic E-state index is 5.06. The van der Waals surface area contributed by atoms with Gasteiger partial charge in [-0.25, -0.2) is 4.98 Å².